The van der Waals surface area contributed by atoms with E-state index in [1.165, 1.54) is 0 Å². The molecule has 0 amide bonds. The van der Waals surface area contributed by atoms with E-state index >= 15 is 0 Å². The van der Waals surface area contributed by atoms with Gasteiger partial charge in [0.1, 0.15) is 12.3 Å². The molecule has 2 heterocycles. The van der Waals surface area contributed by atoms with Crippen LogP contribution < -0.4 is 0 Å². The molecule has 0 bridgehead atoms. The summed E-state index contributed by atoms with van der Waals surface area (Å²) in [6.07, 6.45) is 2.66. The fraction of sp³-hybridized carbons (Fsp3) is 0.286. The van der Waals surface area contributed by atoms with Gasteiger partial charge < -0.3 is 9.82 Å². The monoisotopic (exact) mass is 135 g/mol. The molecule has 0 spiro atoms. The molecule has 1 N–H and O–H groups in total. The van der Waals surface area contributed by atoms with Crippen molar-refractivity contribution < 1.29 is 4.84 Å². The molecule has 0 atom stereocenters. The van der Waals surface area contributed by atoms with Gasteiger partial charge in [-0.15, -0.1) is 0 Å². The smallest absolute Gasteiger partial charge is 0.122 e. The molecule has 1 aromatic heterocycles. The molecule has 3 nitrogen and oxygen atoms in total. The summed E-state index contributed by atoms with van der Waals surface area (Å²) < 4.78 is 0. The van der Waals surface area contributed by atoms with Gasteiger partial charge in [-0.25, -0.2) is 0 Å². The van der Waals surface area contributed by atoms with Crippen LogP contribution in [0.15, 0.2) is 17.4 Å². The van der Waals surface area contributed by atoms with E-state index in [1.807, 2.05) is 6.07 Å². The van der Waals surface area contributed by atoms with Crippen LogP contribution in [0, 0.1) is 6.07 Å². The quantitative estimate of drug-likeness (QED) is 0.611. The fourth-order valence-corrected chi connectivity index (χ4v) is 0.948. The molecule has 0 saturated heterocycles. The van der Waals surface area contributed by atoms with Crippen molar-refractivity contribution >= 4 is 5.71 Å². The number of nitrogens with zero attached hydrogens (tertiary/aromatic N) is 1. The van der Waals surface area contributed by atoms with E-state index in [-0.39, 0.29) is 0 Å². The van der Waals surface area contributed by atoms with Gasteiger partial charge in [0.05, 0.1) is 5.69 Å². The van der Waals surface area contributed by atoms with Gasteiger partial charge in [-0.3, -0.25) is 0 Å². The summed E-state index contributed by atoms with van der Waals surface area (Å²) >= 11 is 0. The van der Waals surface area contributed by atoms with E-state index < -0.39 is 0 Å². The van der Waals surface area contributed by atoms with E-state index in [0.29, 0.717) is 6.61 Å². The zero-order valence-corrected chi connectivity index (χ0v) is 5.42. The van der Waals surface area contributed by atoms with Crippen LogP contribution in [-0.4, -0.2) is 17.3 Å². The molecule has 0 fully saturated rings. The number of H-pyrrole nitrogens is 1. The van der Waals surface area contributed by atoms with E-state index in [4.69, 9.17) is 4.84 Å². The summed E-state index contributed by atoms with van der Waals surface area (Å²) in [7, 11) is 0. The van der Waals surface area contributed by atoms with Crippen LogP contribution in [0.5, 0.6) is 0 Å². The van der Waals surface area contributed by atoms with Crippen LogP contribution in [-0.2, 0) is 4.84 Å². The number of nitrogens with one attached hydrogen (secondary N) is 1. The van der Waals surface area contributed by atoms with Crippen molar-refractivity contribution in [3.05, 3.63) is 24.0 Å². The number of rotatable bonds is 1. The average Bonchev–Trinajstić information content (AvgIpc) is 2.59. The van der Waals surface area contributed by atoms with Crippen LogP contribution in [0.2, 0.25) is 0 Å². The fourth-order valence-electron chi connectivity index (χ4n) is 0.948. The first-order valence-corrected chi connectivity index (χ1v) is 3.20. The second-order valence-corrected chi connectivity index (χ2v) is 2.13. The molecule has 10 heavy (non-hydrogen) atoms. The van der Waals surface area contributed by atoms with Crippen molar-refractivity contribution in [1.82, 2.24) is 4.98 Å². The minimum Gasteiger partial charge on any atom is -0.395 e. The minimum atomic E-state index is 0.703. The predicted octanol–water partition coefficient (Wildman–Crippen LogP) is 0.939. The lowest BCUT2D eigenvalue weighted by atomic mass is 10.2. The van der Waals surface area contributed by atoms with Gasteiger partial charge in [0, 0.05) is 18.7 Å². The zero-order chi connectivity index (χ0) is 6.81. The summed E-state index contributed by atoms with van der Waals surface area (Å²) in [5.41, 5.74) is 2.00. The second kappa shape index (κ2) is 2.17. The highest BCUT2D eigenvalue weighted by molar-refractivity contribution is 5.99. The van der Waals surface area contributed by atoms with Gasteiger partial charge in [0.25, 0.3) is 0 Å². The highest BCUT2D eigenvalue weighted by Crippen LogP contribution is 2.07. The Bertz CT molecular complexity index is 238. The van der Waals surface area contributed by atoms with Gasteiger partial charge in [0.2, 0.25) is 0 Å². The number of aromatic nitrogens is 1. The largest absolute Gasteiger partial charge is 0.395 e. The Kier molecular flexibility index (Phi) is 1.20. The molecule has 2 rings (SSSR count). The SMILES string of the molecule is [c]1c[nH]c(C2=NOCC2)c1. The molecule has 1 radical (unpaired) electrons. The molecule has 0 aromatic carbocycles. The lowest BCUT2D eigenvalue weighted by Crippen LogP contribution is -1.96. The highest BCUT2D eigenvalue weighted by Gasteiger charge is 2.09. The highest BCUT2D eigenvalue weighted by atomic mass is 16.6. The van der Waals surface area contributed by atoms with E-state index in [0.717, 1.165) is 17.8 Å². The molecule has 1 aromatic rings. The van der Waals surface area contributed by atoms with E-state index in [9.17, 15) is 0 Å². The number of hydrogen-bond acceptors (Lipinski definition) is 2. The number of hydrogen-bond donors (Lipinski definition) is 1. The first-order chi connectivity index (χ1) is 4.97. The Balaban J connectivity index is 2.28. The summed E-state index contributed by atoms with van der Waals surface area (Å²) in [5, 5.41) is 3.84. The Hall–Kier alpha value is -1.25. The van der Waals surface area contributed by atoms with Gasteiger partial charge in [0.15, 0.2) is 0 Å². The second-order valence-electron chi connectivity index (χ2n) is 2.13. The van der Waals surface area contributed by atoms with Crippen molar-refractivity contribution in [2.45, 2.75) is 6.42 Å². The molecular weight excluding hydrogens is 128 g/mol. The minimum absolute atomic E-state index is 0.703. The normalized spacial score (nSPS) is 16.6. The molecule has 51 valence electrons. The van der Waals surface area contributed by atoms with Crippen LogP contribution >= 0.6 is 0 Å². The van der Waals surface area contributed by atoms with Gasteiger partial charge in [-0.1, -0.05) is 5.16 Å². The van der Waals surface area contributed by atoms with Crippen molar-refractivity contribution in [2.75, 3.05) is 6.61 Å². The lowest BCUT2D eigenvalue weighted by molar-refractivity contribution is 0.174. The van der Waals surface area contributed by atoms with Gasteiger partial charge in [-0.05, 0) is 6.07 Å². The number of oxime groups is 1. The van der Waals surface area contributed by atoms with Crippen molar-refractivity contribution in [3.8, 4) is 0 Å². The van der Waals surface area contributed by atoms with Crippen LogP contribution in [0.3, 0.4) is 0 Å². The Morgan fingerprint density at radius 1 is 1.70 bits per heavy atom. The molecule has 0 saturated carbocycles. The first kappa shape index (κ1) is 5.53. The first-order valence-electron chi connectivity index (χ1n) is 3.20. The summed E-state index contributed by atoms with van der Waals surface area (Å²) in [4.78, 5) is 7.85. The van der Waals surface area contributed by atoms with Crippen LogP contribution in [0.1, 0.15) is 12.1 Å². The Morgan fingerprint density at radius 2 is 2.70 bits per heavy atom. The molecule has 0 unspecified atom stereocenters. The third-order valence-corrected chi connectivity index (χ3v) is 1.45. The van der Waals surface area contributed by atoms with E-state index in [2.05, 4.69) is 16.2 Å². The lowest BCUT2D eigenvalue weighted by Gasteiger charge is -1.88. The third-order valence-electron chi connectivity index (χ3n) is 1.45. The molecular formula is C7H7N2O. The van der Waals surface area contributed by atoms with Crippen molar-refractivity contribution in [2.24, 2.45) is 5.16 Å². The topological polar surface area (TPSA) is 37.4 Å². The maximum absolute atomic E-state index is 4.83. The van der Waals surface area contributed by atoms with Gasteiger partial charge in [-0.2, -0.15) is 0 Å². The standard InChI is InChI=1S/C7H7N2O/c1-2-6(8-4-1)7-3-5-10-9-7/h2,4,8H,3,5H2. The zero-order valence-electron chi connectivity index (χ0n) is 5.42. The molecule has 1 aliphatic heterocycles. The van der Waals surface area contributed by atoms with Crippen molar-refractivity contribution in [1.29, 1.82) is 0 Å². The van der Waals surface area contributed by atoms with Crippen LogP contribution in [0.25, 0.3) is 0 Å². The Morgan fingerprint density at radius 3 is 3.30 bits per heavy atom. The maximum Gasteiger partial charge on any atom is 0.122 e. The molecule has 0 aliphatic carbocycles. The number of aromatic amines is 1. The van der Waals surface area contributed by atoms with Gasteiger partial charge >= 0.3 is 0 Å². The maximum atomic E-state index is 4.83. The molecule has 3 heteroatoms. The predicted molar refractivity (Wildman–Crippen MR) is 36.7 cm³/mol. The Labute approximate surface area is 58.7 Å². The third kappa shape index (κ3) is 0.795. The van der Waals surface area contributed by atoms with E-state index in [1.54, 1.807) is 6.20 Å². The van der Waals surface area contributed by atoms with Crippen molar-refractivity contribution in [3.63, 3.8) is 0 Å². The average molecular weight is 135 g/mol. The van der Waals surface area contributed by atoms with Crippen LogP contribution in [0.4, 0.5) is 0 Å². The summed E-state index contributed by atoms with van der Waals surface area (Å²) in [5.74, 6) is 0. The molecule has 1 aliphatic rings. The summed E-state index contributed by atoms with van der Waals surface area (Å²) in [6, 6.07) is 4.78. The summed E-state index contributed by atoms with van der Waals surface area (Å²) in [6.45, 7) is 0.703.